The molecule has 7 heteroatoms. The highest BCUT2D eigenvalue weighted by Gasteiger charge is 2.09. The molecule has 1 heterocycles. The smallest absolute Gasteiger partial charge is 0.325 e. The summed E-state index contributed by atoms with van der Waals surface area (Å²) in [5, 5.41) is 19.1. The van der Waals surface area contributed by atoms with Gasteiger partial charge in [0.25, 0.3) is 0 Å². The predicted octanol–water partition coefficient (Wildman–Crippen LogP) is -0.317. The van der Waals surface area contributed by atoms with Crippen molar-refractivity contribution in [1.29, 1.82) is 0 Å². The molecule has 1 aromatic heterocycles. The van der Waals surface area contributed by atoms with Crippen LogP contribution >= 0.6 is 0 Å². The first kappa shape index (κ1) is 10.6. The topological polar surface area (TPSA) is 90.1 Å². The van der Waals surface area contributed by atoms with Gasteiger partial charge in [-0.15, -0.1) is 5.10 Å². The first-order valence-electron chi connectivity index (χ1n) is 4.18. The molecule has 0 atom stereocenters. The van der Waals surface area contributed by atoms with Gasteiger partial charge in [0.05, 0.1) is 6.10 Å². The van der Waals surface area contributed by atoms with Crippen LogP contribution in [-0.2, 0) is 22.7 Å². The second-order valence-corrected chi connectivity index (χ2v) is 3.01. The van der Waals surface area contributed by atoms with Gasteiger partial charge in [0.2, 0.25) is 0 Å². The van der Waals surface area contributed by atoms with Crippen molar-refractivity contribution in [3.05, 3.63) is 5.82 Å². The molecular formula is C7H12N4O3. The van der Waals surface area contributed by atoms with Crippen LogP contribution in [0.5, 0.6) is 0 Å². The van der Waals surface area contributed by atoms with Crippen molar-refractivity contribution in [3.63, 3.8) is 0 Å². The summed E-state index contributed by atoms with van der Waals surface area (Å²) in [5.74, 6) is -0.566. The van der Waals surface area contributed by atoms with E-state index in [2.05, 4.69) is 15.5 Å². The maximum Gasteiger partial charge on any atom is 0.325 e. The fourth-order valence-corrected chi connectivity index (χ4v) is 0.819. The Bertz CT molecular complexity index is 310. The van der Waals surface area contributed by atoms with Crippen LogP contribution in [0.4, 0.5) is 0 Å². The minimum absolute atomic E-state index is 0.0602. The molecule has 0 aromatic carbocycles. The molecule has 0 aliphatic carbocycles. The third-order valence-electron chi connectivity index (χ3n) is 1.44. The Morgan fingerprint density at radius 1 is 1.64 bits per heavy atom. The van der Waals surface area contributed by atoms with Crippen LogP contribution in [-0.4, -0.2) is 37.4 Å². The molecule has 0 aliphatic heterocycles. The van der Waals surface area contributed by atoms with Crippen LogP contribution in [0.15, 0.2) is 0 Å². The van der Waals surface area contributed by atoms with Gasteiger partial charge in [-0.25, -0.2) is 4.68 Å². The van der Waals surface area contributed by atoms with Crippen molar-refractivity contribution in [2.45, 2.75) is 33.1 Å². The van der Waals surface area contributed by atoms with Crippen LogP contribution in [0.25, 0.3) is 0 Å². The van der Waals surface area contributed by atoms with Gasteiger partial charge in [-0.2, -0.15) is 0 Å². The second-order valence-electron chi connectivity index (χ2n) is 3.01. The fourth-order valence-electron chi connectivity index (χ4n) is 0.819. The SMILES string of the molecule is CC(C)OCc1nnnn1CC(=O)O. The van der Waals surface area contributed by atoms with Crippen LogP contribution < -0.4 is 0 Å². The molecule has 0 spiro atoms. The van der Waals surface area contributed by atoms with Gasteiger partial charge in [-0.1, -0.05) is 0 Å². The van der Waals surface area contributed by atoms with Crippen molar-refractivity contribution in [2.75, 3.05) is 0 Å². The molecule has 7 nitrogen and oxygen atoms in total. The molecule has 0 unspecified atom stereocenters. The molecule has 0 aliphatic rings. The lowest BCUT2D eigenvalue weighted by atomic mass is 10.5. The Balaban J connectivity index is 2.58. The van der Waals surface area contributed by atoms with Crippen molar-refractivity contribution in [2.24, 2.45) is 0 Å². The Hall–Kier alpha value is -1.50. The van der Waals surface area contributed by atoms with Crippen LogP contribution in [0.3, 0.4) is 0 Å². The summed E-state index contributed by atoms with van der Waals surface area (Å²) in [6.07, 6.45) is 0.0602. The van der Waals surface area contributed by atoms with E-state index in [1.165, 1.54) is 4.68 Å². The first-order chi connectivity index (χ1) is 6.59. The van der Waals surface area contributed by atoms with E-state index in [1.54, 1.807) is 0 Å². The Kier molecular flexibility index (Phi) is 3.52. The zero-order chi connectivity index (χ0) is 10.6. The maximum absolute atomic E-state index is 10.4. The van der Waals surface area contributed by atoms with E-state index in [0.717, 1.165) is 0 Å². The Morgan fingerprint density at radius 2 is 2.36 bits per heavy atom. The maximum atomic E-state index is 10.4. The standard InChI is InChI=1S/C7H12N4O3/c1-5(2)14-4-6-8-9-10-11(6)3-7(12)13/h5H,3-4H2,1-2H3,(H,12,13). The van der Waals surface area contributed by atoms with E-state index in [9.17, 15) is 4.79 Å². The van der Waals surface area contributed by atoms with Crippen LogP contribution in [0.2, 0.25) is 0 Å². The Labute approximate surface area is 80.7 Å². The largest absolute Gasteiger partial charge is 0.480 e. The number of hydrogen-bond acceptors (Lipinski definition) is 5. The van der Waals surface area contributed by atoms with Gasteiger partial charge in [0.1, 0.15) is 13.2 Å². The number of aliphatic carboxylic acids is 1. The number of carbonyl (C=O) groups is 1. The lowest BCUT2D eigenvalue weighted by molar-refractivity contribution is -0.138. The molecule has 14 heavy (non-hydrogen) atoms. The molecular weight excluding hydrogens is 188 g/mol. The minimum Gasteiger partial charge on any atom is -0.480 e. The van der Waals surface area contributed by atoms with E-state index in [1.807, 2.05) is 13.8 Å². The molecule has 1 N–H and O–H groups in total. The molecule has 1 aromatic rings. The van der Waals surface area contributed by atoms with Crippen LogP contribution in [0.1, 0.15) is 19.7 Å². The number of nitrogens with zero attached hydrogens (tertiary/aromatic N) is 4. The number of aromatic nitrogens is 4. The average molecular weight is 200 g/mol. The summed E-state index contributed by atoms with van der Waals surface area (Å²) >= 11 is 0. The van der Waals surface area contributed by atoms with Crippen molar-refractivity contribution < 1.29 is 14.6 Å². The normalized spacial score (nSPS) is 10.8. The van der Waals surface area contributed by atoms with Gasteiger partial charge in [-0.05, 0) is 24.3 Å². The zero-order valence-corrected chi connectivity index (χ0v) is 8.04. The van der Waals surface area contributed by atoms with E-state index in [4.69, 9.17) is 9.84 Å². The number of tetrazole rings is 1. The molecule has 0 bridgehead atoms. The number of carboxylic acids is 1. The summed E-state index contributed by atoms with van der Waals surface area (Å²) in [7, 11) is 0. The molecule has 1 rings (SSSR count). The Morgan fingerprint density at radius 3 is 2.93 bits per heavy atom. The van der Waals surface area contributed by atoms with E-state index >= 15 is 0 Å². The quantitative estimate of drug-likeness (QED) is 0.700. The number of hydrogen-bond donors (Lipinski definition) is 1. The van der Waals surface area contributed by atoms with Crippen molar-refractivity contribution in [3.8, 4) is 0 Å². The van der Waals surface area contributed by atoms with Crippen LogP contribution in [0, 0.1) is 0 Å². The van der Waals surface area contributed by atoms with Crippen molar-refractivity contribution >= 4 is 5.97 Å². The molecule has 0 saturated heterocycles. The highest BCUT2D eigenvalue weighted by atomic mass is 16.5. The second kappa shape index (κ2) is 4.66. The summed E-state index contributed by atoms with van der Waals surface area (Å²) in [4.78, 5) is 10.4. The summed E-state index contributed by atoms with van der Waals surface area (Å²) in [6.45, 7) is 3.73. The lowest BCUT2D eigenvalue weighted by Crippen LogP contribution is -2.15. The number of carboxylic acid groups (broad SMARTS) is 1. The van der Waals surface area contributed by atoms with E-state index in [-0.39, 0.29) is 19.3 Å². The van der Waals surface area contributed by atoms with E-state index in [0.29, 0.717) is 5.82 Å². The molecule has 78 valence electrons. The van der Waals surface area contributed by atoms with Crippen molar-refractivity contribution in [1.82, 2.24) is 20.2 Å². The molecule has 0 fully saturated rings. The van der Waals surface area contributed by atoms with Gasteiger partial charge in [-0.3, -0.25) is 4.79 Å². The molecule has 0 amide bonds. The number of ether oxygens (including phenoxy) is 1. The zero-order valence-electron chi connectivity index (χ0n) is 8.04. The third kappa shape index (κ3) is 3.09. The van der Waals surface area contributed by atoms with Gasteiger partial charge >= 0.3 is 5.97 Å². The van der Waals surface area contributed by atoms with Gasteiger partial charge in [0.15, 0.2) is 5.82 Å². The fraction of sp³-hybridized carbons (Fsp3) is 0.714. The van der Waals surface area contributed by atoms with Gasteiger partial charge < -0.3 is 9.84 Å². The average Bonchev–Trinajstić information content (AvgIpc) is 2.47. The first-order valence-corrected chi connectivity index (χ1v) is 4.18. The molecule has 0 radical (unpaired) electrons. The van der Waals surface area contributed by atoms with Gasteiger partial charge in [0, 0.05) is 0 Å². The van der Waals surface area contributed by atoms with E-state index < -0.39 is 5.97 Å². The molecule has 0 saturated carbocycles. The highest BCUT2D eigenvalue weighted by molar-refractivity contribution is 5.66. The predicted molar refractivity (Wildman–Crippen MR) is 45.4 cm³/mol. The monoisotopic (exact) mass is 200 g/mol. The summed E-state index contributed by atoms with van der Waals surface area (Å²) in [6, 6.07) is 0. The summed E-state index contributed by atoms with van der Waals surface area (Å²) in [5.41, 5.74) is 0. The third-order valence-corrected chi connectivity index (χ3v) is 1.44. The lowest BCUT2D eigenvalue weighted by Gasteiger charge is -2.06. The highest BCUT2D eigenvalue weighted by Crippen LogP contribution is 1.98. The number of rotatable bonds is 5. The summed E-state index contributed by atoms with van der Waals surface area (Å²) < 4.78 is 6.45. The minimum atomic E-state index is -0.983.